The molecule has 0 aliphatic heterocycles. The van der Waals surface area contributed by atoms with Gasteiger partial charge in [0.05, 0.1) is 18.1 Å². The zero-order valence-electron chi connectivity index (χ0n) is 10.2. The molecule has 1 rings (SSSR count). The first-order chi connectivity index (χ1) is 7.20. The highest BCUT2D eigenvalue weighted by Crippen LogP contribution is 2.27. The third-order valence-corrected chi connectivity index (χ3v) is 9.27. The van der Waals surface area contributed by atoms with Gasteiger partial charge in [-0.25, -0.2) is 0 Å². The van der Waals surface area contributed by atoms with E-state index in [-0.39, 0.29) is 0 Å². The number of anilines is 1. The van der Waals surface area contributed by atoms with Crippen molar-refractivity contribution >= 4 is 13.9 Å². The summed E-state index contributed by atoms with van der Waals surface area (Å²) in [6, 6.07) is 5.92. The molecule has 0 aromatic carbocycles. The molecule has 0 aliphatic carbocycles. The lowest BCUT2D eigenvalue weighted by Gasteiger charge is -2.39. The van der Waals surface area contributed by atoms with Crippen LogP contribution in [-0.4, -0.2) is 25.5 Å². The number of rotatable bonds is 5. The van der Waals surface area contributed by atoms with E-state index in [2.05, 4.69) is 48.6 Å². The molecule has 0 saturated carbocycles. The quantitative estimate of drug-likeness (QED) is 0.719. The van der Waals surface area contributed by atoms with Gasteiger partial charge in [0.15, 0.2) is 8.24 Å². The maximum absolute atomic E-state index is 3.95. The van der Waals surface area contributed by atoms with E-state index < -0.39 is 8.24 Å². The molecule has 4 heteroatoms. The first kappa shape index (κ1) is 12.2. The van der Waals surface area contributed by atoms with Crippen molar-refractivity contribution in [2.75, 3.05) is 11.6 Å². The largest absolute Gasteiger partial charge is 0.399 e. The average Bonchev–Trinajstić information content (AvgIpc) is 2.33. The first-order valence-electron chi connectivity index (χ1n) is 5.70. The zero-order chi connectivity index (χ0) is 11.3. The topological polar surface area (TPSA) is 29.0 Å². The Kier molecular flexibility index (Phi) is 4.26. The van der Waals surface area contributed by atoms with Crippen molar-refractivity contribution in [1.29, 1.82) is 0 Å². The van der Waals surface area contributed by atoms with E-state index in [1.54, 1.807) is 6.20 Å². The summed E-state index contributed by atoms with van der Waals surface area (Å²) in [5.41, 5.74) is 1.21. The summed E-state index contributed by atoms with van der Waals surface area (Å²) in [5.74, 6) is 0. The fourth-order valence-electron chi connectivity index (χ4n) is 2.22. The van der Waals surface area contributed by atoms with Crippen molar-refractivity contribution in [1.82, 2.24) is 10.2 Å². The Morgan fingerprint density at radius 1 is 1.13 bits per heavy atom. The minimum absolute atomic E-state index is 1.21. The number of nitrogens with zero attached hydrogens (tertiary/aromatic N) is 3. The summed E-state index contributed by atoms with van der Waals surface area (Å²) in [6.07, 6.45) is 3.63. The second kappa shape index (κ2) is 5.26. The molecule has 0 saturated heterocycles. The zero-order valence-corrected chi connectivity index (χ0v) is 11.2. The van der Waals surface area contributed by atoms with Gasteiger partial charge < -0.3 is 4.57 Å². The van der Waals surface area contributed by atoms with E-state index in [0.717, 1.165) is 0 Å². The smallest absolute Gasteiger partial charge is 0.155 e. The van der Waals surface area contributed by atoms with Crippen LogP contribution in [0.3, 0.4) is 0 Å². The SMILES string of the molecule is CC[Si](CC)(CC)N(C)c1ccnnc1. The standard InChI is InChI=1S/C11H21N3Si/c1-5-15(6-2,7-3)14(4)11-8-9-12-13-10-11/h8-10H,5-7H2,1-4H3. The van der Waals surface area contributed by atoms with Gasteiger partial charge in [0.1, 0.15) is 0 Å². The first-order valence-corrected chi connectivity index (χ1v) is 8.27. The molecule has 15 heavy (non-hydrogen) atoms. The van der Waals surface area contributed by atoms with Gasteiger partial charge in [-0.1, -0.05) is 20.8 Å². The molecule has 0 N–H and O–H groups in total. The summed E-state index contributed by atoms with van der Waals surface area (Å²) in [7, 11) is 0.912. The van der Waals surface area contributed by atoms with Gasteiger partial charge in [-0.05, 0) is 31.2 Å². The lowest BCUT2D eigenvalue weighted by molar-refractivity contribution is 1.00. The van der Waals surface area contributed by atoms with Crippen molar-refractivity contribution in [2.24, 2.45) is 0 Å². The van der Waals surface area contributed by atoms with Crippen LogP contribution in [-0.2, 0) is 0 Å². The molecule has 0 amide bonds. The van der Waals surface area contributed by atoms with Crippen molar-refractivity contribution in [3.05, 3.63) is 18.5 Å². The summed E-state index contributed by atoms with van der Waals surface area (Å²) in [4.78, 5) is 0. The Morgan fingerprint density at radius 3 is 2.13 bits per heavy atom. The van der Waals surface area contributed by atoms with Crippen LogP contribution in [0.1, 0.15) is 20.8 Å². The van der Waals surface area contributed by atoms with Crippen LogP contribution < -0.4 is 4.57 Å². The van der Waals surface area contributed by atoms with Gasteiger partial charge in [-0.15, -0.1) is 0 Å². The molecule has 0 atom stereocenters. The molecule has 1 heterocycles. The van der Waals surface area contributed by atoms with Crippen molar-refractivity contribution in [2.45, 2.75) is 38.9 Å². The van der Waals surface area contributed by atoms with Crippen molar-refractivity contribution in [3.63, 3.8) is 0 Å². The predicted octanol–water partition coefficient (Wildman–Crippen LogP) is 2.92. The average molecular weight is 223 g/mol. The molecular formula is C11H21N3Si. The van der Waals surface area contributed by atoms with Crippen LogP contribution in [0.25, 0.3) is 0 Å². The molecule has 84 valence electrons. The summed E-state index contributed by atoms with van der Waals surface area (Å²) >= 11 is 0. The minimum Gasteiger partial charge on any atom is -0.399 e. The third-order valence-electron chi connectivity index (χ3n) is 3.64. The summed E-state index contributed by atoms with van der Waals surface area (Å²) < 4.78 is 2.47. The van der Waals surface area contributed by atoms with E-state index in [0.29, 0.717) is 0 Å². The molecule has 1 aromatic heterocycles. The Morgan fingerprint density at radius 2 is 1.73 bits per heavy atom. The van der Waals surface area contributed by atoms with Gasteiger partial charge in [0.25, 0.3) is 0 Å². The van der Waals surface area contributed by atoms with Crippen LogP contribution in [0.4, 0.5) is 5.69 Å². The van der Waals surface area contributed by atoms with E-state index in [4.69, 9.17) is 0 Å². The Labute approximate surface area is 93.6 Å². The predicted molar refractivity (Wildman–Crippen MR) is 67.6 cm³/mol. The molecular weight excluding hydrogens is 202 g/mol. The fourth-order valence-corrected chi connectivity index (χ4v) is 5.82. The van der Waals surface area contributed by atoms with Crippen molar-refractivity contribution in [3.8, 4) is 0 Å². The molecule has 0 bridgehead atoms. The maximum Gasteiger partial charge on any atom is 0.155 e. The molecule has 0 fully saturated rings. The number of hydrogen-bond acceptors (Lipinski definition) is 3. The van der Waals surface area contributed by atoms with Gasteiger partial charge >= 0.3 is 0 Å². The van der Waals surface area contributed by atoms with E-state index in [1.807, 2.05) is 6.20 Å². The molecule has 0 aliphatic rings. The van der Waals surface area contributed by atoms with Crippen molar-refractivity contribution < 1.29 is 0 Å². The molecule has 0 radical (unpaired) electrons. The maximum atomic E-state index is 3.95. The highest BCUT2D eigenvalue weighted by Gasteiger charge is 2.32. The van der Waals surface area contributed by atoms with Gasteiger partial charge in [-0.2, -0.15) is 10.2 Å². The van der Waals surface area contributed by atoms with E-state index in [9.17, 15) is 0 Å². The highest BCUT2D eigenvalue weighted by atomic mass is 28.3. The van der Waals surface area contributed by atoms with Gasteiger partial charge in [0.2, 0.25) is 0 Å². The Bertz CT molecular complexity index is 277. The monoisotopic (exact) mass is 223 g/mol. The number of hydrogen-bond donors (Lipinski definition) is 0. The second-order valence-corrected chi connectivity index (χ2v) is 9.19. The normalized spacial score (nSPS) is 11.5. The molecule has 1 aromatic rings. The van der Waals surface area contributed by atoms with Crippen LogP contribution in [0, 0.1) is 0 Å². The second-order valence-electron chi connectivity index (χ2n) is 3.94. The Hall–Kier alpha value is -0.903. The minimum atomic E-state index is -1.30. The highest BCUT2D eigenvalue weighted by molar-refractivity contribution is 6.83. The van der Waals surface area contributed by atoms with Gasteiger partial charge in [0, 0.05) is 0 Å². The summed E-state index contributed by atoms with van der Waals surface area (Å²) in [6.45, 7) is 6.93. The van der Waals surface area contributed by atoms with Crippen LogP contribution in [0.15, 0.2) is 18.5 Å². The van der Waals surface area contributed by atoms with Crippen LogP contribution in [0.5, 0.6) is 0 Å². The molecule has 0 unspecified atom stereocenters. The third kappa shape index (κ3) is 2.37. The lowest BCUT2D eigenvalue weighted by Crippen LogP contribution is -2.50. The lowest BCUT2D eigenvalue weighted by atomic mass is 10.5. The van der Waals surface area contributed by atoms with Crippen LogP contribution >= 0.6 is 0 Å². The molecule has 0 spiro atoms. The summed E-state index contributed by atoms with van der Waals surface area (Å²) in [5, 5.41) is 7.78. The van der Waals surface area contributed by atoms with Gasteiger partial charge in [-0.3, -0.25) is 0 Å². The van der Waals surface area contributed by atoms with E-state index in [1.165, 1.54) is 23.8 Å². The fraction of sp³-hybridized carbons (Fsp3) is 0.636. The van der Waals surface area contributed by atoms with Crippen LogP contribution in [0.2, 0.25) is 18.1 Å². The molecule has 3 nitrogen and oxygen atoms in total. The number of aromatic nitrogens is 2. The Balaban J connectivity index is 2.95. The van der Waals surface area contributed by atoms with E-state index >= 15 is 0 Å².